The van der Waals surface area contributed by atoms with Gasteiger partial charge in [-0.05, 0) is 18.2 Å². The Morgan fingerprint density at radius 1 is 1.20 bits per heavy atom. The number of amides is 1. The Kier molecular flexibility index (Phi) is 6.55. The second kappa shape index (κ2) is 9.29. The number of nitrogens with one attached hydrogen (secondary N) is 1. The zero-order valence-corrected chi connectivity index (χ0v) is 16.8. The third-order valence-corrected chi connectivity index (χ3v) is 4.81. The molecular formula is C21H26N6O3. The summed E-state index contributed by atoms with van der Waals surface area (Å²) in [5, 5.41) is 9.55. The molecule has 0 aromatic heterocycles. The van der Waals surface area contributed by atoms with Gasteiger partial charge in [-0.2, -0.15) is 0 Å². The number of ether oxygens (including phenoxy) is 2. The van der Waals surface area contributed by atoms with Gasteiger partial charge in [-0.15, -0.1) is 0 Å². The van der Waals surface area contributed by atoms with Gasteiger partial charge in [0.25, 0.3) is 5.91 Å². The van der Waals surface area contributed by atoms with Crippen LogP contribution in [-0.2, 0) is 4.74 Å². The van der Waals surface area contributed by atoms with Gasteiger partial charge in [0.15, 0.2) is 0 Å². The van der Waals surface area contributed by atoms with Gasteiger partial charge in [0.05, 0.1) is 43.0 Å². The Hall–Kier alpha value is -3.56. The van der Waals surface area contributed by atoms with Gasteiger partial charge in [-0.1, -0.05) is 18.2 Å². The van der Waals surface area contributed by atoms with Crippen molar-refractivity contribution >= 4 is 23.0 Å². The lowest BCUT2D eigenvalue weighted by atomic mass is 10.1. The number of carbonyl (C=O) groups is 1. The third-order valence-electron chi connectivity index (χ3n) is 4.81. The molecule has 9 nitrogen and oxygen atoms in total. The van der Waals surface area contributed by atoms with Crippen LogP contribution in [0.1, 0.15) is 15.9 Å². The molecule has 158 valence electrons. The molecule has 0 aliphatic carbocycles. The van der Waals surface area contributed by atoms with E-state index in [1.807, 2.05) is 0 Å². The van der Waals surface area contributed by atoms with Gasteiger partial charge in [-0.3, -0.25) is 15.2 Å². The van der Waals surface area contributed by atoms with Crippen molar-refractivity contribution in [1.29, 1.82) is 5.41 Å². The molecule has 1 saturated heterocycles. The Balaban J connectivity index is 1.81. The van der Waals surface area contributed by atoms with E-state index in [0.29, 0.717) is 54.6 Å². The molecule has 3 rings (SSSR count). The van der Waals surface area contributed by atoms with Gasteiger partial charge in [0.2, 0.25) is 0 Å². The van der Waals surface area contributed by atoms with Crippen molar-refractivity contribution in [3.05, 3.63) is 65.5 Å². The van der Waals surface area contributed by atoms with Crippen molar-refractivity contribution < 1.29 is 14.3 Å². The fourth-order valence-corrected chi connectivity index (χ4v) is 3.12. The second-order valence-corrected chi connectivity index (χ2v) is 6.74. The van der Waals surface area contributed by atoms with Crippen molar-refractivity contribution in [2.75, 3.05) is 44.2 Å². The number of carbonyl (C=O) groups excluding carboxylic acids is 1. The Labute approximate surface area is 175 Å². The van der Waals surface area contributed by atoms with Crippen LogP contribution in [0.5, 0.6) is 5.75 Å². The molecule has 1 heterocycles. The maximum absolute atomic E-state index is 12.8. The molecule has 2 aromatic rings. The highest BCUT2D eigenvalue weighted by atomic mass is 16.5. The van der Waals surface area contributed by atoms with E-state index >= 15 is 0 Å². The summed E-state index contributed by atoms with van der Waals surface area (Å²) in [4.78, 5) is 14.5. The summed E-state index contributed by atoms with van der Waals surface area (Å²) >= 11 is 0. The molecule has 0 radical (unpaired) electrons. The molecular weight excluding hydrogens is 384 g/mol. The van der Waals surface area contributed by atoms with Crippen molar-refractivity contribution in [3.8, 4) is 5.75 Å². The van der Waals surface area contributed by atoms with E-state index in [4.69, 9.17) is 32.2 Å². The van der Waals surface area contributed by atoms with Gasteiger partial charge < -0.3 is 25.8 Å². The van der Waals surface area contributed by atoms with E-state index < -0.39 is 0 Å². The summed E-state index contributed by atoms with van der Waals surface area (Å²) in [7, 11) is 1.49. The van der Waals surface area contributed by atoms with Gasteiger partial charge in [0.1, 0.15) is 5.75 Å². The van der Waals surface area contributed by atoms with Crippen LogP contribution in [0, 0.1) is 5.41 Å². The normalized spacial score (nSPS) is 14.3. The van der Waals surface area contributed by atoms with Crippen LogP contribution < -0.4 is 27.1 Å². The number of rotatable bonds is 6. The van der Waals surface area contributed by atoms with Crippen LogP contribution in [0.25, 0.3) is 0 Å². The Morgan fingerprint density at radius 2 is 1.90 bits per heavy atom. The zero-order chi connectivity index (χ0) is 21.7. The highest BCUT2D eigenvalue weighted by molar-refractivity contribution is 6.13. The van der Waals surface area contributed by atoms with Crippen LogP contribution in [0.4, 0.5) is 11.4 Å². The molecule has 7 N–H and O–H groups in total. The number of para-hydroxylation sites is 1. The van der Waals surface area contributed by atoms with Gasteiger partial charge in [0, 0.05) is 36.6 Å². The van der Waals surface area contributed by atoms with E-state index in [2.05, 4.69) is 0 Å². The predicted octanol–water partition coefficient (Wildman–Crippen LogP) is 1.30. The number of methoxy groups -OCH3 is 1. The molecule has 1 aliphatic rings. The van der Waals surface area contributed by atoms with Crippen LogP contribution in [0.3, 0.4) is 0 Å². The minimum absolute atomic E-state index is 0.0645. The maximum atomic E-state index is 12.8. The number of morpholine rings is 1. The number of nitrogens with two attached hydrogens (primary N) is 3. The third kappa shape index (κ3) is 4.53. The number of nitrogen functional groups attached to an aromatic ring is 1. The summed E-state index contributed by atoms with van der Waals surface area (Å²) < 4.78 is 10.7. The molecule has 0 spiro atoms. The second-order valence-electron chi connectivity index (χ2n) is 6.74. The number of nitrogens with zero attached hydrogens (tertiary/aromatic N) is 2. The van der Waals surface area contributed by atoms with E-state index in [1.54, 1.807) is 47.4 Å². The van der Waals surface area contributed by atoms with Crippen LogP contribution >= 0.6 is 0 Å². The molecule has 1 fully saturated rings. The minimum atomic E-state index is -0.123. The molecule has 1 aliphatic heterocycles. The summed E-state index contributed by atoms with van der Waals surface area (Å²) in [6.07, 6.45) is 1.42. The fourth-order valence-electron chi connectivity index (χ4n) is 3.12. The average Bonchev–Trinajstić information content (AvgIpc) is 2.78. The molecule has 1 amide bonds. The Bertz CT molecular complexity index is 969. The van der Waals surface area contributed by atoms with Crippen LogP contribution in [0.2, 0.25) is 0 Å². The number of benzene rings is 2. The average molecular weight is 410 g/mol. The molecule has 30 heavy (non-hydrogen) atoms. The highest BCUT2D eigenvalue weighted by Gasteiger charge is 2.22. The molecule has 9 heteroatoms. The first kappa shape index (κ1) is 21.2. The highest BCUT2D eigenvalue weighted by Crippen LogP contribution is 2.26. The maximum Gasteiger partial charge on any atom is 0.257 e. The van der Waals surface area contributed by atoms with Gasteiger partial charge >= 0.3 is 0 Å². The quantitative estimate of drug-likeness (QED) is 0.243. The van der Waals surface area contributed by atoms with Crippen LogP contribution in [-0.4, -0.2) is 49.9 Å². The first-order valence-electron chi connectivity index (χ1n) is 9.42. The smallest absolute Gasteiger partial charge is 0.257 e. The fraction of sp³-hybridized carbons (Fsp3) is 0.238. The minimum Gasteiger partial charge on any atom is -0.496 e. The van der Waals surface area contributed by atoms with Gasteiger partial charge in [-0.25, -0.2) is 5.84 Å². The first-order valence-corrected chi connectivity index (χ1v) is 9.42. The largest absolute Gasteiger partial charge is 0.496 e. The molecule has 2 aromatic carbocycles. The number of hydrogen-bond acceptors (Lipinski definition) is 8. The molecule has 0 atom stereocenters. The van der Waals surface area contributed by atoms with E-state index in [9.17, 15) is 4.79 Å². The molecule has 0 saturated carbocycles. The SMILES string of the molecule is COc1cc(N(N)/C=C(\N)C(=N)c2ccccc2N)ccc1C(=O)N1CCOCC1. The monoisotopic (exact) mass is 410 g/mol. The standard InChI is InChI=1S/C21H26N6O3/c1-29-19-12-14(6-7-16(19)21(28)26-8-10-30-11-9-26)27(25)13-18(23)20(24)15-4-2-3-5-17(15)22/h2-7,12-13,24H,8-11,22-23,25H2,1H3/b18-13-,24-20?. The molecule has 0 bridgehead atoms. The lowest BCUT2D eigenvalue weighted by Gasteiger charge is -2.27. The zero-order valence-electron chi connectivity index (χ0n) is 16.8. The lowest BCUT2D eigenvalue weighted by Crippen LogP contribution is -2.40. The number of hydrogen-bond donors (Lipinski definition) is 4. The van der Waals surface area contributed by atoms with Crippen molar-refractivity contribution in [3.63, 3.8) is 0 Å². The number of allylic oxidation sites excluding steroid dienone is 1. The van der Waals surface area contributed by atoms with Crippen LogP contribution in [0.15, 0.2) is 54.4 Å². The lowest BCUT2D eigenvalue weighted by molar-refractivity contribution is 0.0301. The van der Waals surface area contributed by atoms with Crippen molar-refractivity contribution in [1.82, 2.24) is 4.90 Å². The summed E-state index contributed by atoms with van der Waals surface area (Å²) in [6, 6.07) is 12.0. The summed E-state index contributed by atoms with van der Waals surface area (Å²) in [5.74, 6) is 6.40. The Morgan fingerprint density at radius 3 is 2.57 bits per heavy atom. The predicted molar refractivity (Wildman–Crippen MR) is 116 cm³/mol. The van der Waals surface area contributed by atoms with E-state index in [0.717, 1.165) is 0 Å². The summed E-state index contributed by atoms with van der Waals surface area (Å²) in [6.45, 7) is 2.11. The molecule has 0 unspecified atom stereocenters. The summed E-state index contributed by atoms with van der Waals surface area (Å²) in [5.41, 5.74) is 14.1. The number of hydrazine groups is 1. The topological polar surface area (TPSA) is 144 Å². The van der Waals surface area contributed by atoms with Crippen molar-refractivity contribution in [2.24, 2.45) is 11.6 Å². The van der Waals surface area contributed by atoms with E-state index in [1.165, 1.54) is 18.3 Å². The number of anilines is 2. The first-order chi connectivity index (χ1) is 14.4. The van der Waals surface area contributed by atoms with E-state index in [-0.39, 0.29) is 17.3 Å². The van der Waals surface area contributed by atoms with Crippen molar-refractivity contribution in [2.45, 2.75) is 0 Å².